The van der Waals surface area contributed by atoms with Crippen molar-refractivity contribution in [2.24, 2.45) is 0 Å². The second kappa shape index (κ2) is 6.07. The summed E-state index contributed by atoms with van der Waals surface area (Å²) < 4.78 is 6.17. The summed E-state index contributed by atoms with van der Waals surface area (Å²) in [6, 6.07) is 13.9. The van der Waals surface area contributed by atoms with Crippen LogP contribution in [0.5, 0.6) is 0 Å². The molecule has 0 atom stereocenters. The van der Waals surface area contributed by atoms with E-state index < -0.39 is 4.92 Å². The third kappa shape index (κ3) is 3.20. The van der Waals surface area contributed by atoms with Crippen molar-refractivity contribution in [1.82, 2.24) is 10.1 Å². The average Bonchev–Trinajstić information content (AvgIpc) is 2.96. The largest absolute Gasteiger partial charge is 0.339 e. The minimum Gasteiger partial charge on any atom is -0.339 e. The minimum atomic E-state index is -0.429. The number of hydrogen-bond donors (Lipinski definition) is 0. The van der Waals surface area contributed by atoms with Crippen molar-refractivity contribution in [2.75, 3.05) is 0 Å². The zero-order chi connectivity index (χ0) is 15.5. The first-order chi connectivity index (χ1) is 10.6. The second-order valence-corrected chi connectivity index (χ2v) is 5.54. The SMILES string of the molecule is O=[N+]([O-])c1ccc(Cc2nc(-c3cccc(Br)c3)no2)cc1. The molecule has 0 radical (unpaired) electrons. The number of nitrogens with zero attached hydrogens (tertiary/aromatic N) is 3. The molecule has 6 nitrogen and oxygen atoms in total. The van der Waals surface area contributed by atoms with Gasteiger partial charge in [-0.05, 0) is 17.7 Å². The van der Waals surface area contributed by atoms with Crippen LogP contribution in [-0.4, -0.2) is 15.1 Å². The summed E-state index contributed by atoms with van der Waals surface area (Å²) in [5.41, 5.74) is 1.78. The van der Waals surface area contributed by atoms with Crippen LogP contribution in [0, 0.1) is 10.1 Å². The fourth-order valence-electron chi connectivity index (χ4n) is 1.98. The molecular weight excluding hydrogens is 350 g/mol. The quantitative estimate of drug-likeness (QED) is 0.519. The molecular formula is C15H10BrN3O3. The molecule has 3 aromatic rings. The standard InChI is InChI=1S/C15H10BrN3O3/c16-12-3-1-2-11(9-12)15-17-14(22-18-15)8-10-4-6-13(7-5-10)19(20)21/h1-7,9H,8H2. The van der Waals surface area contributed by atoms with Gasteiger partial charge in [-0.15, -0.1) is 0 Å². The first-order valence-electron chi connectivity index (χ1n) is 6.44. The van der Waals surface area contributed by atoms with E-state index in [0.29, 0.717) is 18.1 Å². The molecule has 0 bridgehead atoms. The summed E-state index contributed by atoms with van der Waals surface area (Å²) in [6.07, 6.45) is 0.430. The first kappa shape index (κ1) is 14.4. The van der Waals surface area contributed by atoms with Crippen LogP contribution in [0.4, 0.5) is 5.69 Å². The topological polar surface area (TPSA) is 82.1 Å². The van der Waals surface area contributed by atoms with Crippen molar-refractivity contribution in [1.29, 1.82) is 0 Å². The maximum Gasteiger partial charge on any atom is 0.269 e. The second-order valence-electron chi connectivity index (χ2n) is 4.62. The van der Waals surface area contributed by atoms with E-state index in [1.807, 2.05) is 24.3 Å². The number of nitro benzene ring substituents is 1. The highest BCUT2D eigenvalue weighted by Crippen LogP contribution is 2.21. The van der Waals surface area contributed by atoms with Crippen molar-refractivity contribution in [3.63, 3.8) is 0 Å². The van der Waals surface area contributed by atoms with E-state index in [9.17, 15) is 10.1 Å². The molecule has 0 aliphatic carbocycles. The lowest BCUT2D eigenvalue weighted by atomic mass is 10.1. The summed E-state index contributed by atoms with van der Waals surface area (Å²) in [5, 5.41) is 14.6. The van der Waals surface area contributed by atoms with Gasteiger partial charge < -0.3 is 4.52 Å². The van der Waals surface area contributed by atoms with Crippen LogP contribution >= 0.6 is 15.9 Å². The van der Waals surface area contributed by atoms with Crippen molar-refractivity contribution in [3.8, 4) is 11.4 Å². The summed E-state index contributed by atoms with van der Waals surface area (Å²) in [7, 11) is 0. The molecule has 0 saturated carbocycles. The molecule has 110 valence electrons. The Bertz CT molecular complexity index is 815. The molecule has 2 aromatic carbocycles. The van der Waals surface area contributed by atoms with Crippen molar-refractivity contribution in [2.45, 2.75) is 6.42 Å². The number of non-ortho nitro benzene ring substituents is 1. The molecule has 0 amide bonds. The smallest absolute Gasteiger partial charge is 0.269 e. The van der Waals surface area contributed by atoms with E-state index in [2.05, 4.69) is 26.1 Å². The molecule has 0 aliphatic rings. The molecule has 0 aliphatic heterocycles. The van der Waals surface area contributed by atoms with Crippen LogP contribution in [0.1, 0.15) is 11.5 Å². The van der Waals surface area contributed by atoms with Crippen molar-refractivity contribution in [3.05, 3.63) is 74.6 Å². The molecule has 1 heterocycles. The van der Waals surface area contributed by atoms with Gasteiger partial charge in [0.05, 0.1) is 11.3 Å². The lowest BCUT2D eigenvalue weighted by Crippen LogP contribution is -1.91. The fraction of sp³-hybridized carbons (Fsp3) is 0.0667. The summed E-state index contributed by atoms with van der Waals surface area (Å²) in [6.45, 7) is 0. The monoisotopic (exact) mass is 359 g/mol. The Hall–Kier alpha value is -2.54. The predicted molar refractivity (Wildman–Crippen MR) is 83.3 cm³/mol. The number of nitro groups is 1. The normalized spacial score (nSPS) is 10.6. The number of benzene rings is 2. The summed E-state index contributed by atoms with van der Waals surface area (Å²) >= 11 is 3.40. The highest BCUT2D eigenvalue weighted by molar-refractivity contribution is 9.10. The number of halogens is 1. The van der Waals surface area contributed by atoms with E-state index in [-0.39, 0.29) is 5.69 Å². The number of aromatic nitrogens is 2. The summed E-state index contributed by atoms with van der Waals surface area (Å²) in [4.78, 5) is 14.5. The molecule has 0 unspecified atom stereocenters. The maximum atomic E-state index is 10.6. The van der Waals surface area contributed by atoms with Crippen LogP contribution in [0.15, 0.2) is 57.5 Å². The first-order valence-corrected chi connectivity index (χ1v) is 7.23. The molecule has 0 fully saturated rings. The van der Waals surface area contributed by atoms with Gasteiger partial charge in [0.1, 0.15) is 0 Å². The van der Waals surface area contributed by atoms with Crippen LogP contribution in [0.2, 0.25) is 0 Å². The zero-order valence-electron chi connectivity index (χ0n) is 11.3. The van der Waals surface area contributed by atoms with E-state index in [0.717, 1.165) is 15.6 Å². The van der Waals surface area contributed by atoms with Gasteiger partial charge in [-0.3, -0.25) is 10.1 Å². The van der Waals surface area contributed by atoms with Gasteiger partial charge in [0.15, 0.2) is 0 Å². The molecule has 0 saturated heterocycles. The summed E-state index contributed by atoms with van der Waals surface area (Å²) in [5.74, 6) is 0.974. The lowest BCUT2D eigenvalue weighted by Gasteiger charge is -1.96. The van der Waals surface area contributed by atoms with Gasteiger partial charge in [0, 0.05) is 22.2 Å². The Morgan fingerprint density at radius 3 is 2.64 bits per heavy atom. The molecule has 0 N–H and O–H groups in total. The van der Waals surface area contributed by atoms with E-state index in [1.165, 1.54) is 12.1 Å². The molecule has 1 aromatic heterocycles. The maximum absolute atomic E-state index is 10.6. The predicted octanol–water partition coefficient (Wildman–Crippen LogP) is 4.00. The Morgan fingerprint density at radius 2 is 1.95 bits per heavy atom. The molecule has 22 heavy (non-hydrogen) atoms. The van der Waals surface area contributed by atoms with Crippen molar-refractivity contribution < 1.29 is 9.45 Å². The Kier molecular flexibility index (Phi) is 3.97. The third-order valence-corrected chi connectivity index (χ3v) is 3.55. The lowest BCUT2D eigenvalue weighted by molar-refractivity contribution is -0.384. The van der Waals surface area contributed by atoms with Crippen LogP contribution in [0.25, 0.3) is 11.4 Å². The van der Waals surface area contributed by atoms with E-state index >= 15 is 0 Å². The average molecular weight is 360 g/mol. The third-order valence-electron chi connectivity index (χ3n) is 3.05. The minimum absolute atomic E-state index is 0.0594. The highest BCUT2D eigenvalue weighted by Gasteiger charge is 2.10. The van der Waals surface area contributed by atoms with Gasteiger partial charge in [-0.2, -0.15) is 4.98 Å². The van der Waals surface area contributed by atoms with Gasteiger partial charge in [0.25, 0.3) is 5.69 Å². The van der Waals surface area contributed by atoms with Crippen LogP contribution in [0.3, 0.4) is 0 Å². The van der Waals surface area contributed by atoms with Crippen LogP contribution in [-0.2, 0) is 6.42 Å². The van der Waals surface area contributed by atoms with Gasteiger partial charge in [-0.1, -0.05) is 45.4 Å². The van der Waals surface area contributed by atoms with Crippen molar-refractivity contribution >= 4 is 21.6 Å². The van der Waals surface area contributed by atoms with Gasteiger partial charge in [0.2, 0.25) is 11.7 Å². The molecule has 3 rings (SSSR count). The van der Waals surface area contributed by atoms with E-state index in [1.54, 1.807) is 12.1 Å². The Morgan fingerprint density at radius 1 is 1.18 bits per heavy atom. The fourth-order valence-corrected chi connectivity index (χ4v) is 2.38. The number of hydrogen-bond acceptors (Lipinski definition) is 5. The van der Waals surface area contributed by atoms with E-state index in [4.69, 9.17) is 4.52 Å². The Labute approximate surface area is 134 Å². The Balaban J connectivity index is 1.78. The van der Waals surface area contributed by atoms with Gasteiger partial charge >= 0.3 is 0 Å². The van der Waals surface area contributed by atoms with Crippen LogP contribution < -0.4 is 0 Å². The number of rotatable bonds is 4. The van der Waals surface area contributed by atoms with Gasteiger partial charge in [-0.25, -0.2) is 0 Å². The molecule has 0 spiro atoms. The molecule has 7 heteroatoms. The highest BCUT2D eigenvalue weighted by atomic mass is 79.9. The zero-order valence-corrected chi connectivity index (χ0v) is 12.9.